The molecule has 24 heavy (non-hydrogen) atoms. The lowest BCUT2D eigenvalue weighted by Crippen LogP contribution is -2.07. The Hall–Kier alpha value is -2.66. The predicted molar refractivity (Wildman–Crippen MR) is 95.4 cm³/mol. The first-order chi connectivity index (χ1) is 11.7. The minimum absolute atomic E-state index is 0.280. The molecule has 2 aromatic carbocycles. The zero-order chi connectivity index (χ0) is 16.8. The van der Waals surface area contributed by atoms with E-state index in [1.807, 2.05) is 24.3 Å². The highest BCUT2D eigenvalue weighted by Gasteiger charge is 2.01. The van der Waals surface area contributed by atoms with E-state index in [-0.39, 0.29) is 5.82 Å². The lowest BCUT2D eigenvalue weighted by atomic mass is 10.1. The first-order valence-corrected chi connectivity index (χ1v) is 7.91. The molecule has 0 aliphatic carbocycles. The summed E-state index contributed by atoms with van der Waals surface area (Å²) in [6, 6.07) is 15.6. The molecule has 0 aliphatic heterocycles. The standard InChI is InChI=1S/C18H16ClFN4/c19-14-3-1-2-13(12-14)8-10-21-17-9-11-22-18(24-17)23-16-6-4-15(20)5-7-16/h1-7,9,11-12H,8,10H2,(H2,21,22,23,24). The number of hydrogen-bond acceptors (Lipinski definition) is 4. The summed E-state index contributed by atoms with van der Waals surface area (Å²) in [5, 5.41) is 7.03. The highest BCUT2D eigenvalue weighted by Crippen LogP contribution is 2.15. The number of nitrogens with one attached hydrogen (secondary N) is 2. The summed E-state index contributed by atoms with van der Waals surface area (Å²) in [6.07, 6.45) is 2.51. The molecule has 0 amide bonds. The Morgan fingerprint density at radius 2 is 1.88 bits per heavy atom. The second-order valence-corrected chi connectivity index (χ2v) is 5.64. The summed E-state index contributed by atoms with van der Waals surface area (Å²) in [6.45, 7) is 0.730. The summed E-state index contributed by atoms with van der Waals surface area (Å²) >= 11 is 5.98. The van der Waals surface area contributed by atoms with Gasteiger partial charge in [-0.05, 0) is 54.4 Å². The molecule has 4 nitrogen and oxygen atoms in total. The molecule has 0 bridgehead atoms. The Labute approximate surface area is 144 Å². The monoisotopic (exact) mass is 342 g/mol. The van der Waals surface area contributed by atoms with Crippen LogP contribution in [0.4, 0.5) is 21.8 Å². The van der Waals surface area contributed by atoms with Crippen molar-refractivity contribution in [2.24, 2.45) is 0 Å². The molecular weight excluding hydrogens is 327 g/mol. The number of halogens is 2. The van der Waals surface area contributed by atoms with Gasteiger partial charge in [-0.25, -0.2) is 9.37 Å². The third-order valence-corrected chi connectivity index (χ3v) is 3.60. The second kappa shape index (κ2) is 7.75. The van der Waals surface area contributed by atoms with Crippen LogP contribution in [0, 0.1) is 5.82 Å². The molecule has 0 unspecified atom stereocenters. The zero-order valence-electron chi connectivity index (χ0n) is 12.8. The van der Waals surface area contributed by atoms with Crippen LogP contribution in [0.15, 0.2) is 60.8 Å². The van der Waals surface area contributed by atoms with Crippen LogP contribution in [0.5, 0.6) is 0 Å². The second-order valence-electron chi connectivity index (χ2n) is 5.20. The maximum Gasteiger partial charge on any atom is 0.229 e. The lowest BCUT2D eigenvalue weighted by Gasteiger charge is -2.08. The summed E-state index contributed by atoms with van der Waals surface area (Å²) in [4.78, 5) is 8.55. The number of aromatic nitrogens is 2. The SMILES string of the molecule is Fc1ccc(Nc2nccc(NCCc3cccc(Cl)c3)n2)cc1. The Morgan fingerprint density at radius 3 is 2.67 bits per heavy atom. The van der Waals surface area contributed by atoms with Crippen molar-refractivity contribution in [3.63, 3.8) is 0 Å². The fourth-order valence-corrected chi connectivity index (χ4v) is 2.42. The molecule has 0 saturated heterocycles. The van der Waals surface area contributed by atoms with Gasteiger partial charge in [0.1, 0.15) is 11.6 Å². The Morgan fingerprint density at radius 1 is 1.04 bits per heavy atom. The van der Waals surface area contributed by atoms with Gasteiger partial charge in [-0.2, -0.15) is 4.98 Å². The molecule has 0 aliphatic rings. The fourth-order valence-electron chi connectivity index (χ4n) is 2.21. The Kier molecular flexibility index (Phi) is 5.23. The van der Waals surface area contributed by atoms with Crippen LogP contribution < -0.4 is 10.6 Å². The summed E-state index contributed by atoms with van der Waals surface area (Å²) in [7, 11) is 0. The van der Waals surface area contributed by atoms with Crippen molar-refractivity contribution in [3.8, 4) is 0 Å². The highest BCUT2D eigenvalue weighted by molar-refractivity contribution is 6.30. The molecular formula is C18H16ClFN4. The van der Waals surface area contributed by atoms with Crippen LogP contribution in [0.3, 0.4) is 0 Å². The number of benzene rings is 2. The number of rotatable bonds is 6. The van der Waals surface area contributed by atoms with Gasteiger partial charge >= 0.3 is 0 Å². The summed E-state index contributed by atoms with van der Waals surface area (Å²) in [5.41, 5.74) is 1.89. The van der Waals surface area contributed by atoms with Crippen LogP contribution in [-0.4, -0.2) is 16.5 Å². The normalized spacial score (nSPS) is 10.4. The van der Waals surface area contributed by atoms with Crippen LogP contribution in [0.2, 0.25) is 5.02 Å². The molecule has 6 heteroatoms. The van der Waals surface area contributed by atoms with E-state index >= 15 is 0 Å². The molecule has 1 aromatic heterocycles. The zero-order valence-corrected chi connectivity index (χ0v) is 13.6. The van der Waals surface area contributed by atoms with E-state index in [4.69, 9.17) is 11.6 Å². The van der Waals surface area contributed by atoms with Crippen molar-refractivity contribution in [1.29, 1.82) is 0 Å². The van der Waals surface area contributed by atoms with Crippen molar-refractivity contribution < 1.29 is 4.39 Å². The van der Waals surface area contributed by atoms with Crippen LogP contribution in [-0.2, 0) is 6.42 Å². The number of anilines is 3. The van der Waals surface area contributed by atoms with Gasteiger partial charge in [0.05, 0.1) is 0 Å². The minimum Gasteiger partial charge on any atom is -0.370 e. The maximum absolute atomic E-state index is 12.9. The van der Waals surface area contributed by atoms with Gasteiger partial charge in [-0.1, -0.05) is 23.7 Å². The first-order valence-electron chi connectivity index (χ1n) is 7.53. The maximum atomic E-state index is 12.9. The average molecular weight is 343 g/mol. The average Bonchev–Trinajstić information content (AvgIpc) is 2.58. The van der Waals surface area contributed by atoms with Gasteiger partial charge < -0.3 is 10.6 Å². The third-order valence-electron chi connectivity index (χ3n) is 3.36. The first kappa shape index (κ1) is 16.2. The van der Waals surface area contributed by atoms with Gasteiger partial charge in [0.2, 0.25) is 5.95 Å². The van der Waals surface area contributed by atoms with Crippen molar-refractivity contribution in [3.05, 3.63) is 77.2 Å². The molecule has 0 fully saturated rings. The molecule has 3 rings (SSSR count). The van der Waals surface area contributed by atoms with Crippen molar-refractivity contribution in [2.45, 2.75) is 6.42 Å². The van der Waals surface area contributed by atoms with Crippen molar-refractivity contribution in [1.82, 2.24) is 9.97 Å². The van der Waals surface area contributed by atoms with E-state index in [9.17, 15) is 4.39 Å². The molecule has 1 heterocycles. The van der Waals surface area contributed by atoms with E-state index in [0.29, 0.717) is 5.95 Å². The largest absolute Gasteiger partial charge is 0.370 e. The molecule has 3 aromatic rings. The summed E-state index contributed by atoms with van der Waals surface area (Å²) in [5.74, 6) is 0.893. The molecule has 0 radical (unpaired) electrons. The Bertz CT molecular complexity index is 808. The minimum atomic E-state index is -0.280. The van der Waals surface area contributed by atoms with Gasteiger partial charge in [0, 0.05) is 23.5 Å². The van der Waals surface area contributed by atoms with Crippen molar-refractivity contribution in [2.75, 3.05) is 17.2 Å². The van der Waals surface area contributed by atoms with Gasteiger partial charge in [-0.15, -0.1) is 0 Å². The fraction of sp³-hybridized carbons (Fsp3) is 0.111. The molecule has 122 valence electrons. The van der Waals surface area contributed by atoms with E-state index in [1.165, 1.54) is 12.1 Å². The highest BCUT2D eigenvalue weighted by atomic mass is 35.5. The van der Waals surface area contributed by atoms with Gasteiger partial charge in [-0.3, -0.25) is 0 Å². The van der Waals surface area contributed by atoms with E-state index in [2.05, 4.69) is 20.6 Å². The topological polar surface area (TPSA) is 49.8 Å². The number of hydrogen-bond donors (Lipinski definition) is 2. The lowest BCUT2D eigenvalue weighted by molar-refractivity contribution is 0.628. The number of nitrogens with zero attached hydrogens (tertiary/aromatic N) is 2. The summed E-state index contributed by atoms with van der Waals surface area (Å²) < 4.78 is 12.9. The molecule has 2 N–H and O–H groups in total. The molecule has 0 atom stereocenters. The van der Waals surface area contributed by atoms with Gasteiger partial charge in [0.25, 0.3) is 0 Å². The quantitative estimate of drug-likeness (QED) is 0.683. The predicted octanol–water partition coefficient (Wildman–Crippen LogP) is 4.67. The van der Waals surface area contributed by atoms with Crippen molar-refractivity contribution >= 4 is 29.1 Å². The Balaban J connectivity index is 1.57. The van der Waals surface area contributed by atoms with Crippen LogP contribution in [0.25, 0.3) is 0 Å². The van der Waals surface area contributed by atoms with E-state index in [1.54, 1.807) is 24.4 Å². The smallest absolute Gasteiger partial charge is 0.229 e. The third kappa shape index (κ3) is 4.67. The molecule has 0 saturated carbocycles. The van der Waals surface area contributed by atoms with Gasteiger partial charge in [0.15, 0.2) is 0 Å². The van der Waals surface area contributed by atoms with Crippen LogP contribution in [0.1, 0.15) is 5.56 Å². The van der Waals surface area contributed by atoms with E-state index < -0.39 is 0 Å². The van der Waals surface area contributed by atoms with Crippen LogP contribution >= 0.6 is 11.6 Å². The molecule has 0 spiro atoms. The van der Waals surface area contributed by atoms with E-state index in [0.717, 1.165) is 35.1 Å².